The van der Waals surface area contributed by atoms with Crippen molar-refractivity contribution in [2.75, 3.05) is 6.61 Å². The lowest BCUT2D eigenvalue weighted by Gasteiger charge is -2.28. The molecule has 5 heterocycles. The van der Waals surface area contributed by atoms with Crippen LogP contribution in [0.3, 0.4) is 0 Å². The third-order valence-corrected chi connectivity index (χ3v) is 8.68. The van der Waals surface area contributed by atoms with Gasteiger partial charge in [0.15, 0.2) is 0 Å². The Hall–Kier alpha value is -2.92. The summed E-state index contributed by atoms with van der Waals surface area (Å²) in [5, 5.41) is 9.87. The molecule has 4 aromatic rings. The van der Waals surface area contributed by atoms with E-state index in [1.807, 2.05) is 0 Å². The normalized spacial score (nSPS) is 19.6. The smallest absolute Gasteiger partial charge is 0.0472 e. The number of aliphatic hydroxyl groups is 1. The molecule has 5 rings (SSSR count). The first kappa shape index (κ1) is 23.8. The van der Waals surface area contributed by atoms with Crippen molar-refractivity contribution >= 4 is 0 Å². The van der Waals surface area contributed by atoms with E-state index >= 15 is 0 Å². The summed E-state index contributed by atoms with van der Waals surface area (Å²) >= 11 is 0. The molecule has 0 spiro atoms. The molecule has 0 aliphatic carbocycles. The van der Waals surface area contributed by atoms with E-state index in [1.54, 1.807) is 0 Å². The average Bonchev–Trinajstić information content (AvgIpc) is 3.59. The molecule has 8 bridgehead atoms. The molecule has 0 fully saturated rings. The summed E-state index contributed by atoms with van der Waals surface area (Å²) in [5.41, 5.74) is 9.59. The van der Waals surface area contributed by atoms with E-state index in [1.165, 1.54) is 34.0 Å². The number of rotatable bonds is 2. The van der Waals surface area contributed by atoms with E-state index in [-0.39, 0.29) is 28.3 Å². The topological polar surface area (TPSA) is 83.4 Å². The Morgan fingerprint density at radius 3 is 1.23 bits per heavy atom. The monoisotopic (exact) mass is 472 g/mol. The number of hydrogen-bond acceptors (Lipinski definition) is 1. The standard InChI is InChI=1S/C30H40N4O/c1-27(2)19-9-10-20(31-19)28(3,4)22-13-14-24(33-22)30(7,8)26-18(15-16-35)17-25(34-26)29(5,6)23-12-11-21(27)32-23/h9-14,17,31-35H,15-16H2,1-8H3. The van der Waals surface area contributed by atoms with E-state index < -0.39 is 0 Å². The predicted molar refractivity (Wildman–Crippen MR) is 142 cm³/mol. The molecule has 1 aliphatic rings. The van der Waals surface area contributed by atoms with Crippen LogP contribution in [0.1, 0.15) is 107 Å². The van der Waals surface area contributed by atoms with Crippen LogP contribution in [-0.4, -0.2) is 31.6 Å². The van der Waals surface area contributed by atoms with Crippen LogP contribution in [0.4, 0.5) is 0 Å². The molecular formula is C30H40N4O. The van der Waals surface area contributed by atoms with Crippen LogP contribution in [0.15, 0.2) is 42.5 Å². The van der Waals surface area contributed by atoms with Crippen molar-refractivity contribution in [3.63, 3.8) is 0 Å². The number of fused-ring (bicyclic) bond motifs is 8. The number of nitrogens with one attached hydrogen (secondary N) is 4. The van der Waals surface area contributed by atoms with E-state index in [0.29, 0.717) is 6.42 Å². The zero-order valence-electron chi connectivity index (χ0n) is 22.4. The summed E-state index contributed by atoms with van der Waals surface area (Å²) in [5.74, 6) is 0. The van der Waals surface area contributed by atoms with Crippen LogP contribution in [0.5, 0.6) is 0 Å². The molecular weight excluding hydrogens is 432 g/mol. The van der Waals surface area contributed by atoms with Crippen LogP contribution in [0.2, 0.25) is 0 Å². The maximum absolute atomic E-state index is 9.87. The van der Waals surface area contributed by atoms with E-state index in [2.05, 4.69) is 118 Å². The molecule has 35 heavy (non-hydrogen) atoms. The first-order valence-corrected chi connectivity index (χ1v) is 12.7. The second-order valence-electron chi connectivity index (χ2n) is 12.4. The van der Waals surface area contributed by atoms with Crippen LogP contribution >= 0.6 is 0 Å². The first-order valence-electron chi connectivity index (χ1n) is 12.7. The highest BCUT2D eigenvalue weighted by Crippen LogP contribution is 2.41. The van der Waals surface area contributed by atoms with Gasteiger partial charge in [-0.2, -0.15) is 0 Å². The molecule has 0 aromatic carbocycles. The van der Waals surface area contributed by atoms with E-state index in [0.717, 1.165) is 17.1 Å². The van der Waals surface area contributed by atoms with E-state index in [9.17, 15) is 5.11 Å². The molecule has 5 N–H and O–H groups in total. The maximum atomic E-state index is 9.87. The predicted octanol–water partition coefficient (Wildman–Crippen LogP) is 6.15. The Balaban J connectivity index is 1.79. The second-order valence-corrected chi connectivity index (χ2v) is 12.4. The summed E-state index contributed by atoms with van der Waals surface area (Å²) in [6.07, 6.45) is 0.623. The first-order chi connectivity index (χ1) is 16.3. The van der Waals surface area contributed by atoms with Gasteiger partial charge in [-0.25, -0.2) is 0 Å². The summed E-state index contributed by atoms with van der Waals surface area (Å²) in [7, 11) is 0. The van der Waals surface area contributed by atoms with Gasteiger partial charge in [-0.05, 0) is 110 Å². The van der Waals surface area contributed by atoms with Gasteiger partial charge >= 0.3 is 0 Å². The third-order valence-electron chi connectivity index (χ3n) is 8.68. The minimum Gasteiger partial charge on any atom is -0.396 e. The summed E-state index contributed by atoms with van der Waals surface area (Å²) in [4.78, 5) is 15.1. The Morgan fingerprint density at radius 2 is 0.857 bits per heavy atom. The SMILES string of the molecule is CC1(C)c2ccc([nH]2)C(C)(C)c2ccc([nH]2)C(C)(C)c2[nH]c(cc2CCO)C(C)(C)c2ccc1[nH]2. The minimum atomic E-state index is -0.284. The highest BCUT2D eigenvalue weighted by atomic mass is 16.2. The molecule has 0 unspecified atom stereocenters. The minimum absolute atomic E-state index is 0.125. The van der Waals surface area contributed by atoms with Gasteiger partial charge in [-0.1, -0.05) is 0 Å². The fourth-order valence-corrected chi connectivity index (χ4v) is 5.65. The molecule has 1 aliphatic heterocycles. The molecule has 5 heteroatoms. The van der Waals surface area contributed by atoms with Crippen molar-refractivity contribution in [1.82, 2.24) is 19.9 Å². The Bertz CT molecular complexity index is 1370. The van der Waals surface area contributed by atoms with E-state index in [4.69, 9.17) is 0 Å². The number of aromatic nitrogens is 4. The summed E-state index contributed by atoms with van der Waals surface area (Å²) in [6.45, 7) is 18.2. The molecule has 0 atom stereocenters. The molecule has 0 saturated heterocycles. The van der Waals surface area contributed by atoms with Crippen molar-refractivity contribution in [2.45, 2.75) is 83.5 Å². The van der Waals surface area contributed by atoms with Crippen molar-refractivity contribution in [1.29, 1.82) is 0 Å². The van der Waals surface area contributed by atoms with Crippen molar-refractivity contribution in [3.8, 4) is 0 Å². The van der Waals surface area contributed by atoms with Crippen molar-refractivity contribution in [2.24, 2.45) is 0 Å². The Labute approximate surface area is 208 Å². The van der Waals surface area contributed by atoms with Gasteiger partial charge < -0.3 is 25.0 Å². The molecule has 0 saturated carbocycles. The molecule has 4 aromatic heterocycles. The lowest BCUT2D eigenvalue weighted by molar-refractivity contribution is 0.299. The zero-order chi connectivity index (χ0) is 25.4. The quantitative estimate of drug-likeness (QED) is 0.238. The number of hydrogen-bond donors (Lipinski definition) is 5. The van der Waals surface area contributed by atoms with Crippen LogP contribution in [0, 0.1) is 0 Å². The Morgan fingerprint density at radius 1 is 0.514 bits per heavy atom. The second kappa shape index (κ2) is 7.54. The van der Waals surface area contributed by atoms with Gasteiger partial charge in [-0.15, -0.1) is 0 Å². The third kappa shape index (κ3) is 3.47. The Kier molecular flexibility index (Phi) is 5.13. The highest BCUT2D eigenvalue weighted by Gasteiger charge is 2.37. The summed E-state index contributed by atoms with van der Waals surface area (Å²) in [6, 6.07) is 15.6. The highest BCUT2D eigenvalue weighted by molar-refractivity contribution is 5.45. The van der Waals surface area contributed by atoms with Crippen LogP contribution < -0.4 is 0 Å². The number of H-pyrrole nitrogens is 4. The zero-order valence-corrected chi connectivity index (χ0v) is 22.4. The molecule has 5 nitrogen and oxygen atoms in total. The van der Waals surface area contributed by atoms with Gasteiger partial charge in [0.1, 0.15) is 0 Å². The van der Waals surface area contributed by atoms with Crippen molar-refractivity contribution < 1.29 is 5.11 Å². The van der Waals surface area contributed by atoms with Crippen LogP contribution in [0.25, 0.3) is 0 Å². The van der Waals surface area contributed by atoms with Gasteiger partial charge in [0, 0.05) is 73.8 Å². The van der Waals surface area contributed by atoms with Gasteiger partial charge in [0.2, 0.25) is 0 Å². The molecule has 186 valence electrons. The van der Waals surface area contributed by atoms with Crippen LogP contribution in [-0.2, 0) is 28.1 Å². The fraction of sp³-hybridized carbons (Fsp3) is 0.467. The average molecular weight is 473 g/mol. The molecule has 0 radical (unpaired) electrons. The maximum Gasteiger partial charge on any atom is 0.0472 e. The lowest BCUT2D eigenvalue weighted by Crippen LogP contribution is -2.26. The lowest BCUT2D eigenvalue weighted by atomic mass is 9.83. The number of aromatic amines is 4. The largest absolute Gasteiger partial charge is 0.396 e. The summed E-state index contributed by atoms with van der Waals surface area (Å²) < 4.78 is 0. The van der Waals surface area contributed by atoms with Gasteiger partial charge in [0.25, 0.3) is 0 Å². The number of aliphatic hydroxyl groups excluding tert-OH is 1. The van der Waals surface area contributed by atoms with Crippen molar-refractivity contribution in [3.05, 3.63) is 93.6 Å². The fourth-order valence-electron chi connectivity index (χ4n) is 5.65. The van der Waals surface area contributed by atoms with Gasteiger partial charge in [-0.3, -0.25) is 0 Å². The van der Waals surface area contributed by atoms with Gasteiger partial charge in [0.05, 0.1) is 0 Å². The molecule has 0 amide bonds.